The summed E-state index contributed by atoms with van der Waals surface area (Å²) in [6.45, 7) is 2.77. The van der Waals surface area contributed by atoms with Crippen LogP contribution >= 0.6 is 11.8 Å². The molecule has 96 valence electrons. The van der Waals surface area contributed by atoms with Crippen molar-refractivity contribution >= 4 is 23.4 Å². The number of likely N-dealkylation sites (N-methyl/N-ethyl adjacent to an activating group) is 1. The Balaban J connectivity index is 2.95. The van der Waals surface area contributed by atoms with Crippen LogP contribution in [0, 0.1) is 0 Å². The highest BCUT2D eigenvalue weighted by atomic mass is 32.2. The van der Waals surface area contributed by atoms with E-state index in [1.165, 1.54) is 11.8 Å². The van der Waals surface area contributed by atoms with Crippen LogP contribution in [-0.2, 0) is 4.74 Å². The zero-order valence-electron chi connectivity index (χ0n) is 11.0. The smallest absolute Gasteiger partial charge is 0.191 e. The van der Waals surface area contributed by atoms with Crippen molar-refractivity contribution in [1.29, 1.82) is 0 Å². The molecule has 0 aliphatic carbocycles. The molecule has 5 nitrogen and oxygen atoms in total. The molecule has 0 amide bonds. The van der Waals surface area contributed by atoms with E-state index in [-0.39, 0.29) is 6.04 Å². The molecule has 1 unspecified atom stereocenters. The monoisotopic (exact) mass is 256 g/mol. The number of rotatable bonds is 6. The van der Waals surface area contributed by atoms with Crippen LogP contribution in [0.15, 0.2) is 11.2 Å². The Bertz CT molecular complexity index is 339. The van der Waals surface area contributed by atoms with Crippen molar-refractivity contribution in [3.63, 3.8) is 0 Å². The number of hydrogen-bond donors (Lipinski definition) is 1. The van der Waals surface area contributed by atoms with Crippen LogP contribution in [0.25, 0.3) is 0 Å². The molecule has 0 saturated carbocycles. The third-order valence-corrected chi connectivity index (χ3v) is 3.11. The molecule has 0 radical (unpaired) electrons. The Kier molecular flexibility index (Phi) is 5.50. The van der Waals surface area contributed by atoms with Crippen molar-refractivity contribution in [3.05, 3.63) is 6.07 Å². The van der Waals surface area contributed by atoms with Gasteiger partial charge in [-0.1, -0.05) is 11.8 Å². The minimum Gasteiger partial charge on any atom is -0.383 e. The van der Waals surface area contributed by atoms with E-state index < -0.39 is 0 Å². The zero-order chi connectivity index (χ0) is 12.8. The van der Waals surface area contributed by atoms with Gasteiger partial charge in [-0.3, -0.25) is 0 Å². The quantitative estimate of drug-likeness (QED) is 0.618. The van der Waals surface area contributed by atoms with Gasteiger partial charge in [-0.05, 0) is 13.2 Å². The summed E-state index contributed by atoms with van der Waals surface area (Å²) in [5.74, 6) is 1.73. The molecule has 1 aromatic rings. The van der Waals surface area contributed by atoms with Crippen molar-refractivity contribution in [2.75, 3.05) is 44.3 Å². The average Bonchev–Trinajstić information content (AvgIpc) is 2.37. The Morgan fingerprint density at radius 3 is 2.76 bits per heavy atom. The van der Waals surface area contributed by atoms with E-state index in [1.54, 1.807) is 7.11 Å². The van der Waals surface area contributed by atoms with E-state index >= 15 is 0 Å². The Hall–Kier alpha value is -1.01. The molecule has 0 aliphatic rings. The highest BCUT2D eigenvalue weighted by molar-refractivity contribution is 7.98. The van der Waals surface area contributed by atoms with E-state index in [0.29, 0.717) is 6.61 Å². The minimum atomic E-state index is 0.273. The lowest BCUT2D eigenvalue weighted by molar-refractivity contribution is 0.183. The summed E-state index contributed by atoms with van der Waals surface area (Å²) in [5, 5.41) is 3.81. The van der Waals surface area contributed by atoms with Crippen molar-refractivity contribution in [1.82, 2.24) is 9.97 Å². The maximum atomic E-state index is 5.15. The molecule has 1 rings (SSSR count). The summed E-state index contributed by atoms with van der Waals surface area (Å²) in [7, 11) is 5.57. The summed E-state index contributed by atoms with van der Waals surface area (Å²) in [5.41, 5.74) is 0. The lowest BCUT2D eigenvalue weighted by Gasteiger charge is -2.25. The standard InChI is InChI=1S/C11H20N4OS/c1-8(7-16-4)15(3)10-6-9(12-2)13-11(14-10)17-5/h6,8H,7H2,1-5H3,(H,12,13,14). The molecular weight excluding hydrogens is 236 g/mol. The third kappa shape index (κ3) is 3.74. The maximum absolute atomic E-state index is 5.15. The van der Waals surface area contributed by atoms with Crippen LogP contribution in [-0.4, -0.2) is 50.1 Å². The SMILES string of the molecule is CNc1cc(N(C)C(C)COC)nc(SC)n1. The predicted molar refractivity (Wildman–Crippen MR) is 73.1 cm³/mol. The van der Waals surface area contributed by atoms with Crippen LogP contribution in [0.4, 0.5) is 11.6 Å². The Labute approximate surface area is 107 Å². The van der Waals surface area contributed by atoms with Crippen LogP contribution in [0.2, 0.25) is 0 Å². The van der Waals surface area contributed by atoms with Crippen LogP contribution in [0.5, 0.6) is 0 Å². The van der Waals surface area contributed by atoms with Crippen LogP contribution in [0.3, 0.4) is 0 Å². The van der Waals surface area contributed by atoms with Gasteiger partial charge in [-0.25, -0.2) is 9.97 Å². The first-order valence-corrected chi connectivity index (χ1v) is 6.67. The van der Waals surface area contributed by atoms with E-state index in [1.807, 2.05) is 26.4 Å². The number of methoxy groups -OCH3 is 1. The lowest BCUT2D eigenvalue weighted by atomic mass is 10.3. The second-order valence-electron chi connectivity index (χ2n) is 3.76. The van der Waals surface area contributed by atoms with E-state index in [2.05, 4.69) is 27.1 Å². The summed E-state index contributed by atoms with van der Waals surface area (Å²) >= 11 is 1.53. The molecule has 0 fully saturated rings. The first-order chi connectivity index (χ1) is 8.12. The molecule has 1 atom stereocenters. The topological polar surface area (TPSA) is 50.3 Å². The van der Waals surface area contributed by atoms with Gasteiger partial charge in [0.25, 0.3) is 0 Å². The number of aromatic nitrogens is 2. The second kappa shape index (κ2) is 6.66. The summed E-state index contributed by atoms with van der Waals surface area (Å²) < 4.78 is 5.15. The fourth-order valence-corrected chi connectivity index (χ4v) is 1.77. The predicted octanol–water partition coefficient (Wildman–Crippen LogP) is 1.71. The van der Waals surface area contributed by atoms with E-state index in [9.17, 15) is 0 Å². The van der Waals surface area contributed by atoms with Gasteiger partial charge < -0.3 is 15.0 Å². The molecule has 6 heteroatoms. The van der Waals surface area contributed by atoms with Crippen molar-refractivity contribution in [2.24, 2.45) is 0 Å². The Morgan fingerprint density at radius 1 is 1.53 bits per heavy atom. The summed E-state index contributed by atoms with van der Waals surface area (Å²) in [6.07, 6.45) is 1.97. The molecule has 17 heavy (non-hydrogen) atoms. The number of nitrogens with zero attached hydrogens (tertiary/aromatic N) is 3. The number of ether oxygens (including phenoxy) is 1. The van der Waals surface area contributed by atoms with Crippen molar-refractivity contribution < 1.29 is 4.74 Å². The maximum Gasteiger partial charge on any atom is 0.191 e. The fourth-order valence-electron chi connectivity index (χ4n) is 1.39. The average molecular weight is 256 g/mol. The fraction of sp³-hybridized carbons (Fsp3) is 0.636. The number of hydrogen-bond acceptors (Lipinski definition) is 6. The van der Waals surface area contributed by atoms with Gasteiger partial charge in [-0.15, -0.1) is 0 Å². The number of anilines is 2. The largest absolute Gasteiger partial charge is 0.383 e. The zero-order valence-corrected chi connectivity index (χ0v) is 11.8. The van der Waals surface area contributed by atoms with Gasteiger partial charge in [0.1, 0.15) is 11.6 Å². The van der Waals surface area contributed by atoms with Crippen molar-refractivity contribution in [3.8, 4) is 0 Å². The Morgan fingerprint density at radius 2 is 2.24 bits per heavy atom. The molecule has 1 heterocycles. The van der Waals surface area contributed by atoms with E-state index in [4.69, 9.17) is 4.74 Å². The van der Waals surface area contributed by atoms with Gasteiger partial charge in [0.05, 0.1) is 12.6 Å². The molecule has 0 aliphatic heterocycles. The second-order valence-corrected chi connectivity index (χ2v) is 4.54. The molecule has 0 spiro atoms. The molecular formula is C11H20N4OS. The van der Waals surface area contributed by atoms with Gasteiger partial charge in [-0.2, -0.15) is 0 Å². The molecule has 1 aromatic heterocycles. The lowest BCUT2D eigenvalue weighted by Crippen LogP contribution is -2.33. The summed E-state index contributed by atoms with van der Waals surface area (Å²) in [6, 6.07) is 2.21. The first-order valence-electron chi connectivity index (χ1n) is 5.45. The van der Waals surface area contributed by atoms with Gasteiger partial charge >= 0.3 is 0 Å². The number of nitrogens with one attached hydrogen (secondary N) is 1. The highest BCUT2D eigenvalue weighted by Crippen LogP contribution is 2.20. The van der Waals surface area contributed by atoms with Gasteiger partial charge in [0, 0.05) is 27.3 Å². The van der Waals surface area contributed by atoms with Crippen LogP contribution < -0.4 is 10.2 Å². The number of thioether (sulfide) groups is 1. The molecule has 0 saturated heterocycles. The molecule has 0 aromatic carbocycles. The normalized spacial score (nSPS) is 12.3. The first kappa shape index (κ1) is 14.1. The molecule has 0 bridgehead atoms. The van der Waals surface area contributed by atoms with Gasteiger partial charge in [0.15, 0.2) is 5.16 Å². The third-order valence-electron chi connectivity index (χ3n) is 2.56. The summed E-state index contributed by atoms with van der Waals surface area (Å²) in [4.78, 5) is 10.9. The van der Waals surface area contributed by atoms with Crippen molar-refractivity contribution in [2.45, 2.75) is 18.1 Å². The highest BCUT2D eigenvalue weighted by Gasteiger charge is 2.13. The molecule has 1 N–H and O–H groups in total. The van der Waals surface area contributed by atoms with Gasteiger partial charge in [0.2, 0.25) is 0 Å². The van der Waals surface area contributed by atoms with E-state index in [0.717, 1.165) is 16.8 Å². The van der Waals surface area contributed by atoms with Crippen LogP contribution in [0.1, 0.15) is 6.92 Å². The minimum absolute atomic E-state index is 0.273.